The molecule has 0 aliphatic heterocycles. The first-order valence-corrected chi connectivity index (χ1v) is 19.8. The molecule has 0 atom stereocenters. The first kappa shape index (κ1) is 33.7. The van der Waals surface area contributed by atoms with Gasteiger partial charge in [0, 0.05) is 16.8 Å². The van der Waals surface area contributed by atoms with Gasteiger partial charge in [0.25, 0.3) is 0 Å². The normalized spacial score (nSPS) is 13.1. The molecule has 0 amide bonds. The standard InChI is InChI=1S/C55H32F3N/c56-34-21-25-44-45-26-22-35(57)30-50(45)55(49(44)29-34)48-18-10-20-53(54(48)46-27-23-36(58)31-51(46)55)59(52-19-9-8-13-38(52)33-11-2-1-3-12-33)37-24-28-43-41-16-5-4-14-39(41)40-15-6-7-17-42(40)47(43)32-37/h1-32H. The maximum atomic E-state index is 15.8. The van der Waals surface area contributed by atoms with Gasteiger partial charge in [-0.1, -0.05) is 133 Å². The Bertz CT molecular complexity index is 3300. The van der Waals surface area contributed by atoms with E-state index in [-0.39, 0.29) is 0 Å². The van der Waals surface area contributed by atoms with Crippen LogP contribution in [0, 0.1) is 17.5 Å². The molecule has 0 bridgehead atoms. The minimum atomic E-state index is -1.18. The minimum Gasteiger partial charge on any atom is -0.309 e. The van der Waals surface area contributed by atoms with E-state index in [1.54, 1.807) is 30.3 Å². The Hall–Kier alpha value is -7.43. The van der Waals surface area contributed by atoms with Crippen LogP contribution in [0.2, 0.25) is 0 Å². The maximum Gasteiger partial charge on any atom is 0.123 e. The van der Waals surface area contributed by atoms with Crippen LogP contribution >= 0.6 is 0 Å². The number of benzene rings is 10. The van der Waals surface area contributed by atoms with Crippen molar-refractivity contribution in [2.45, 2.75) is 5.41 Å². The lowest BCUT2D eigenvalue weighted by atomic mass is 9.70. The van der Waals surface area contributed by atoms with Crippen molar-refractivity contribution in [2.75, 3.05) is 4.90 Å². The Labute approximate surface area is 338 Å². The van der Waals surface area contributed by atoms with Crippen LogP contribution in [-0.4, -0.2) is 0 Å². The van der Waals surface area contributed by atoms with Gasteiger partial charge in [0.15, 0.2) is 0 Å². The first-order valence-electron chi connectivity index (χ1n) is 19.8. The van der Waals surface area contributed by atoms with Crippen LogP contribution in [0.5, 0.6) is 0 Å². The molecule has 0 heterocycles. The molecule has 12 rings (SSSR count). The summed E-state index contributed by atoms with van der Waals surface area (Å²) in [5.41, 5.74) is 9.77. The summed E-state index contributed by atoms with van der Waals surface area (Å²) in [6.07, 6.45) is 0. The number of rotatable bonds is 4. The second kappa shape index (κ2) is 12.5. The van der Waals surface area contributed by atoms with Crippen molar-refractivity contribution in [3.8, 4) is 33.4 Å². The molecule has 59 heavy (non-hydrogen) atoms. The third-order valence-electron chi connectivity index (χ3n) is 12.6. The van der Waals surface area contributed by atoms with Crippen LogP contribution in [0.3, 0.4) is 0 Å². The van der Waals surface area contributed by atoms with Gasteiger partial charge in [0.2, 0.25) is 0 Å². The number of hydrogen-bond acceptors (Lipinski definition) is 1. The Kier molecular flexibility index (Phi) is 7.16. The Morgan fingerprint density at radius 3 is 1.44 bits per heavy atom. The van der Waals surface area contributed by atoms with Crippen molar-refractivity contribution in [3.05, 3.63) is 234 Å². The van der Waals surface area contributed by atoms with Crippen LogP contribution in [-0.2, 0) is 5.41 Å². The van der Waals surface area contributed by atoms with Crippen molar-refractivity contribution in [3.63, 3.8) is 0 Å². The largest absolute Gasteiger partial charge is 0.309 e. The zero-order valence-electron chi connectivity index (χ0n) is 31.6. The van der Waals surface area contributed by atoms with E-state index in [9.17, 15) is 0 Å². The van der Waals surface area contributed by atoms with Gasteiger partial charge in [-0.25, -0.2) is 13.2 Å². The fraction of sp³-hybridized carbons (Fsp3) is 0.0182. The second-order valence-electron chi connectivity index (χ2n) is 15.6. The fourth-order valence-electron chi connectivity index (χ4n) is 10.3. The van der Waals surface area contributed by atoms with E-state index in [2.05, 4.69) is 114 Å². The number of anilines is 3. The first-order chi connectivity index (χ1) is 29.0. The molecule has 278 valence electrons. The average Bonchev–Trinajstić information content (AvgIpc) is 3.73. The molecule has 0 aromatic heterocycles. The second-order valence-corrected chi connectivity index (χ2v) is 15.6. The minimum absolute atomic E-state index is 0.409. The summed E-state index contributed by atoms with van der Waals surface area (Å²) in [7, 11) is 0. The summed E-state index contributed by atoms with van der Waals surface area (Å²) < 4.78 is 46.9. The third kappa shape index (κ3) is 4.69. The van der Waals surface area contributed by atoms with E-state index in [0.717, 1.165) is 72.2 Å². The zero-order chi connectivity index (χ0) is 39.4. The molecular formula is C55H32F3N. The quantitative estimate of drug-likeness (QED) is 0.161. The third-order valence-corrected chi connectivity index (χ3v) is 12.6. The number of para-hydroxylation sites is 1. The summed E-state index contributed by atoms with van der Waals surface area (Å²) in [6.45, 7) is 0. The smallest absolute Gasteiger partial charge is 0.123 e. The lowest BCUT2D eigenvalue weighted by Crippen LogP contribution is -2.26. The summed E-state index contributed by atoms with van der Waals surface area (Å²) in [5.74, 6) is -1.23. The molecule has 0 saturated carbocycles. The van der Waals surface area contributed by atoms with Gasteiger partial charge in [-0.3, -0.25) is 0 Å². The molecule has 2 aliphatic carbocycles. The van der Waals surface area contributed by atoms with E-state index in [1.807, 2.05) is 36.4 Å². The average molecular weight is 764 g/mol. The monoisotopic (exact) mass is 763 g/mol. The van der Waals surface area contributed by atoms with Gasteiger partial charge in [0.05, 0.1) is 16.8 Å². The maximum absolute atomic E-state index is 15.8. The molecule has 0 saturated heterocycles. The van der Waals surface area contributed by atoms with Crippen molar-refractivity contribution < 1.29 is 13.2 Å². The number of fused-ring (bicyclic) bond motifs is 16. The highest BCUT2D eigenvalue weighted by Gasteiger charge is 2.53. The van der Waals surface area contributed by atoms with Gasteiger partial charge < -0.3 is 4.90 Å². The van der Waals surface area contributed by atoms with Crippen LogP contribution in [0.4, 0.5) is 30.2 Å². The highest BCUT2D eigenvalue weighted by atomic mass is 19.1. The molecule has 10 aromatic carbocycles. The molecular weight excluding hydrogens is 732 g/mol. The molecule has 0 radical (unpaired) electrons. The van der Waals surface area contributed by atoms with Crippen molar-refractivity contribution >= 4 is 49.4 Å². The number of halogens is 3. The molecule has 1 nitrogen and oxygen atoms in total. The number of nitrogens with zero attached hydrogens (tertiary/aromatic N) is 1. The molecule has 0 unspecified atom stereocenters. The highest BCUT2D eigenvalue weighted by Crippen LogP contribution is 2.65. The van der Waals surface area contributed by atoms with Crippen molar-refractivity contribution in [1.82, 2.24) is 0 Å². The van der Waals surface area contributed by atoms with Gasteiger partial charge in [-0.05, 0) is 137 Å². The SMILES string of the molecule is Fc1ccc2c(c1)C1(c3cc(F)ccc3-2)c2cc(F)ccc2-c2c(N(c3ccc4c5ccccc5c5ccccc5c4c3)c3ccccc3-c3ccccc3)cccc21. The van der Waals surface area contributed by atoms with E-state index in [0.29, 0.717) is 16.7 Å². The van der Waals surface area contributed by atoms with E-state index in [1.165, 1.54) is 34.4 Å². The zero-order valence-corrected chi connectivity index (χ0v) is 31.6. The molecule has 0 fully saturated rings. The molecule has 2 aliphatic rings. The van der Waals surface area contributed by atoms with E-state index >= 15 is 13.2 Å². The lowest BCUT2D eigenvalue weighted by Gasteiger charge is -2.32. The Morgan fingerprint density at radius 1 is 0.322 bits per heavy atom. The highest BCUT2D eigenvalue weighted by molar-refractivity contribution is 6.26. The summed E-state index contributed by atoms with van der Waals surface area (Å²) in [5, 5.41) is 6.99. The van der Waals surface area contributed by atoms with Crippen molar-refractivity contribution in [1.29, 1.82) is 0 Å². The summed E-state index contributed by atoms with van der Waals surface area (Å²) in [4.78, 5) is 2.31. The van der Waals surface area contributed by atoms with Crippen LogP contribution in [0.15, 0.2) is 194 Å². The summed E-state index contributed by atoms with van der Waals surface area (Å²) >= 11 is 0. The van der Waals surface area contributed by atoms with Gasteiger partial charge >= 0.3 is 0 Å². The van der Waals surface area contributed by atoms with E-state index in [4.69, 9.17) is 0 Å². The number of hydrogen-bond donors (Lipinski definition) is 0. The molecule has 1 spiro atoms. The molecule has 4 heteroatoms. The van der Waals surface area contributed by atoms with Crippen LogP contribution in [0.1, 0.15) is 22.3 Å². The van der Waals surface area contributed by atoms with Gasteiger partial charge in [0.1, 0.15) is 17.5 Å². The fourth-order valence-corrected chi connectivity index (χ4v) is 10.3. The molecule has 10 aromatic rings. The van der Waals surface area contributed by atoms with Gasteiger partial charge in [-0.15, -0.1) is 0 Å². The Morgan fingerprint density at radius 2 is 0.814 bits per heavy atom. The van der Waals surface area contributed by atoms with Crippen LogP contribution < -0.4 is 4.90 Å². The predicted molar refractivity (Wildman–Crippen MR) is 235 cm³/mol. The Balaban J connectivity index is 1.21. The summed E-state index contributed by atoms with van der Waals surface area (Å²) in [6, 6.07) is 63.2. The van der Waals surface area contributed by atoms with E-state index < -0.39 is 22.9 Å². The van der Waals surface area contributed by atoms with Crippen molar-refractivity contribution in [2.24, 2.45) is 0 Å². The van der Waals surface area contributed by atoms with Gasteiger partial charge in [-0.2, -0.15) is 0 Å². The predicted octanol–water partition coefficient (Wildman–Crippen LogP) is 15.0. The van der Waals surface area contributed by atoms with Crippen LogP contribution in [0.25, 0.3) is 65.7 Å². The topological polar surface area (TPSA) is 3.24 Å². The molecule has 0 N–H and O–H groups in total. The lowest BCUT2D eigenvalue weighted by molar-refractivity contribution is 0.613.